The van der Waals surface area contributed by atoms with E-state index in [9.17, 15) is 9.59 Å². The minimum Gasteiger partial charge on any atom is -0.457 e. The Labute approximate surface area is 194 Å². The molecule has 2 aromatic heterocycles. The number of amides is 2. The zero-order valence-electron chi connectivity index (χ0n) is 17.9. The van der Waals surface area contributed by atoms with Crippen molar-refractivity contribution in [3.05, 3.63) is 66.5 Å². The van der Waals surface area contributed by atoms with E-state index in [1.165, 1.54) is 17.5 Å². The standard InChI is InChI=1S/C24H21N5O3S/c1-25-23(31)19-13-16(10-11-26-19)32-15-8-9-18-21(14-15)33-24(28-18)27-17-5-2-3-6-20(17)29-12-4-7-22(29)30/h2-3,5-6,8-11,13-14H,4,7,12H2,1H3,(H,25,31)(H,27,28). The molecule has 2 amide bonds. The molecule has 0 atom stereocenters. The van der Waals surface area contributed by atoms with E-state index in [1.807, 2.05) is 47.4 Å². The van der Waals surface area contributed by atoms with E-state index in [0.717, 1.165) is 39.7 Å². The molecule has 0 bridgehead atoms. The Kier molecular flexibility index (Phi) is 5.62. The fourth-order valence-electron chi connectivity index (χ4n) is 3.72. The number of para-hydroxylation sites is 2. The number of nitrogens with one attached hydrogen (secondary N) is 2. The summed E-state index contributed by atoms with van der Waals surface area (Å²) in [5.41, 5.74) is 2.84. The Balaban J connectivity index is 1.38. The molecule has 1 fully saturated rings. The first-order chi connectivity index (χ1) is 16.1. The second-order valence-corrected chi connectivity index (χ2v) is 8.53. The summed E-state index contributed by atoms with van der Waals surface area (Å²) in [6.07, 6.45) is 3.00. The average Bonchev–Trinajstić information content (AvgIpc) is 3.44. The Morgan fingerprint density at radius 2 is 1.97 bits per heavy atom. The summed E-state index contributed by atoms with van der Waals surface area (Å²) in [5, 5.41) is 6.65. The summed E-state index contributed by atoms with van der Waals surface area (Å²) >= 11 is 1.50. The number of pyridine rings is 1. The number of carbonyl (C=O) groups is 2. The number of benzene rings is 2. The Hall–Kier alpha value is -3.98. The van der Waals surface area contributed by atoms with Crippen LogP contribution in [0.3, 0.4) is 0 Å². The van der Waals surface area contributed by atoms with Crippen molar-refractivity contribution in [2.75, 3.05) is 23.8 Å². The SMILES string of the molecule is CNC(=O)c1cc(Oc2ccc3nc(Nc4ccccc4N4CCCC4=O)sc3c2)ccn1. The maximum absolute atomic E-state index is 12.2. The normalized spacial score (nSPS) is 13.4. The molecular weight excluding hydrogens is 438 g/mol. The molecule has 5 rings (SSSR count). The Bertz CT molecular complexity index is 1350. The zero-order valence-corrected chi connectivity index (χ0v) is 18.7. The van der Waals surface area contributed by atoms with Crippen molar-refractivity contribution in [2.24, 2.45) is 0 Å². The van der Waals surface area contributed by atoms with Crippen molar-refractivity contribution in [1.29, 1.82) is 0 Å². The van der Waals surface area contributed by atoms with E-state index in [-0.39, 0.29) is 17.5 Å². The Morgan fingerprint density at radius 3 is 2.79 bits per heavy atom. The quantitative estimate of drug-likeness (QED) is 0.433. The molecule has 0 radical (unpaired) electrons. The summed E-state index contributed by atoms with van der Waals surface area (Å²) in [7, 11) is 1.56. The number of fused-ring (bicyclic) bond motifs is 1. The van der Waals surface area contributed by atoms with Gasteiger partial charge < -0.3 is 20.3 Å². The number of thiazole rings is 1. The number of nitrogens with zero attached hydrogens (tertiary/aromatic N) is 3. The van der Waals surface area contributed by atoms with Crippen LogP contribution in [-0.4, -0.2) is 35.4 Å². The van der Waals surface area contributed by atoms with Crippen molar-refractivity contribution >= 4 is 49.9 Å². The molecule has 4 aromatic rings. The monoisotopic (exact) mass is 459 g/mol. The Morgan fingerprint density at radius 1 is 1.12 bits per heavy atom. The fraction of sp³-hybridized carbons (Fsp3) is 0.167. The van der Waals surface area contributed by atoms with Gasteiger partial charge in [0.2, 0.25) is 5.91 Å². The van der Waals surface area contributed by atoms with Gasteiger partial charge in [-0.25, -0.2) is 4.98 Å². The van der Waals surface area contributed by atoms with Crippen molar-refractivity contribution in [2.45, 2.75) is 12.8 Å². The fourth-order valence-corrected chi connectivity index (χ4v) is 4.62. The highest BCUT2D eigenvalue weighted by Gasteiger charge is 2.24. The lowest BCUT2D eigenvalue weighted by molar-refractivity contribution is -0.117. The van der Waals surface area contributed by atoms with Crippen LogP contribution in [0.25, 0.3) is 10.2 Å². The number of anilines is 3. The first-order valence-corrected chi connectivity index (χ1v) is 11.4. The minimum atomic E-state index is -0.273. The highest BCUT2D eigenvalue weighted by molar-refractivity contribution is 7.22. The number of hydrogen-bond acceptors (Lipinski definition) is 7. The second kappa shape index (κ2) is 8.87. The van der Waals surface area contributed by atoms with Gasteiger partial charge in [-0.3, -0.25) is 14.6 Å². The minimum absolute atomic E-state index is 0.144. The van der Waals surface area contributed by atoms with Crippen LogP contribution in [-0.2, 0) is 4.79 Å². The van der Waals surface area contributed by atoms with Crippen LogP contribution in [0.5, 0.6) is 11.5 Å². The predicted octanol–water partition coefficient (Wildman–Crippen LogP) is 4.71. The third-order valence-corrected chi connectivity index (χ3v) is 6.23. The summed E-state index contributed by atoms with van der Waals surface area (Å²) in [6, 6.07) is 16.7. The highest BCUT2D eigenvalue weighted by Crippen LogP contribution is 2.36. The first-order valence-electron chi connectivity index (χ1n) is 10.5. The molecule has 0 unspecified atom stereocenters. The lowest BCUT2D eigenvalue weighted by atomic mass is 10.2. The molecule has 0 saturated carbocycles. The zero-order chi connectivity index (χ0) is 22.8. The molecule has 1 aliphatic heterocycles. The van der Waals surface area contributed by atoms with Crippen LogP contribution >= 0.6 is 11.3 Å². The summed E-state index contributed by atoms with van der Waals surface area (Å²) in [6.45, 7) is 0.731. The van der Waals surface area contributed by atoms with Gasteiger partial charge in [-0.15, -0.1) is 0 Å². The summed E-state index contributed by atoms with van der Waals surface area (Å²) < 4.78 is 6.89. The van der Waals surface area contributed by atoms with Gasteiger partial charge in [0.1, 0.15) is 17.2 Å². The van der Waals surface area contributed by atoms with Gasteiger partial charge >= 0.3 is 0 Å². The molecule has 0 aliphatic carbocycles. The van der Waals surface area contributed by atoms with Gasteiger partial charge in [0.25, 0.3) is 5.91 Å². The molecule has 8 nitrogen and oxygen atoms in total. The number of hydrogen-bond donors (Lipinski definition) is 2. The molecule has 166 valence electrons. The van der Waals surface area contributed by atoms with E-state index in [2.05, 4.69) is 20.6 Å². The lowest BCUT2D eigenvalue weighted by Crippen LogP contribution is -2.24. The molecule has 0 spiro atoms. The molecule has 1 aliphatic rings. The van der Waals surface area contributed by atoms with Crippen LogP contribution in [0.1, 0.15) is 23.3 Å². The van der Waals surface area contributed by atoms with Gasteiger partial charge in [-0.2, -0.15) is 0 Å². The van der Waals surface area contributed by atoms with Crippen LogP contribution in [0.2, 0.25) is 0 Å². The van der Waals surface area contributed by atoms with Crippen molar-refractivity contribution < 1.29 is 14.3 Å². The molecule has 2 N–H and O–H groups in total. The number of aromatic nitrogens is 2. The molecule has 2 aromatic carbocycles. The van der Waals surface area contributed by atoms with Crippen LogP contribution < -0.4 is 20.3 Å². The number of carbonyl (C=O) groups excluding carboxylic acids is 2. The predicted molar refractivity (Wildman–Crippen MR) is 129 cm³/mol. The number of rotatable bonds is 6. The smallest absolute Gasteiger partial charge is 0.269 e. The van der Waals surface area contributed by atoms with Crippen LogP contribution in [0.4, 0.5) is 16.5 Å². The molecular formula is C24H21N5O3S. The lowest BCUT2D eigenvalue weighted by Gasteiger charge is -2.19. The first kappa shape index (κ1) is 20.9. The van der Waals surface area contributed by atoms with E-state index in [1.54, 1.807) is 19.2 Å². The van der Waals surface area contributed by atoms with Crippen LogP contribution in [0.15, 0.2) is 60.8 Å². The van der Waals surface area contributed by atoms with Crippen molar-refractivity contribution in [1.82, 2.24) is 15.3 Å². The van der Waals surface area contributed by atoms with Crippen LogP contribution in [0, 0.1) is 0 Å². The van der Waals surface area contributed by atoms with E-state index in [4.69, 9.17) is 4.74 Å². The average molecular weight is 460 g/mol. The highest BCUT2D eigenvalue weighted by atomic mass is 32.1. The molecule has 1 saturated heterocycles. The third-order valence-electron chi connectivity index (χ3n) is 5.30. The van der Waals surface area contributed by atoms with Gasteiger partial charge in [-0.05, 0) is 36.8 Å². The van der Waals surface area contributed by atoms with Crippen molar-refractivity contribution in [3.8, 4) is 11.5 Å². The summed E-state index contributed by atoms with van der Waals surface area (Å²) in [5.74, 6) is 1.03. The third kappa shape index (κ3) is 4.35. The molecule has 9 heteroatoms. The van der Waals surface area contributed by atoms with Gasteiger partial charge in [-0.1, -0.05) is 23.5 Å². The largest absolute Gasteiger partial charge is 0.457 e. The van der Waals surface area contributed by atoms with Gasteiger partial charge in [0.15, 0.2) is 5.13 Å². The summed E-state index contributed by atoms with van der Waals surface area (Å²) in [4.78, 5) is 34.6. The van der Waals surface area contributed by atoms with Crippen molar-refractivity contribution in [3.63, 3.8) is 0 Å². The van der Waals surface area contributed by atoms with E-state index < -0.39 is 0 Å². The molecule has 33 heavy (non-hydrogen) atoms. The number of ether oxygens (including phenoxy) is 1. The maximum Gasteiger partial charge on any atom is 0.269 e. The second-order valence-electron chi connectivity index (χ2n) is 7.50. The van der Waals surface area contributed by atoms with Gasteiger partial charge in [0.05, 0.1) is 21.6 Å². The topological polar surface area (TPSA) is 96.5 Å². The van der Waals surface area contributed by atoms with E-state index in [0.29, 0.717) is 17.9 Å². The van der Waals surface area contributed by atoms with Gasteiger partial charge in [0, 0.05) is 38.3 Å². The molecule has 3 heterocycles. The maximum atomic E-state index is 12.2. The van der Waals surface area contributed by atoms with E-state index >= 15 is 0 Å².